The Morgan fingerprint density at radius 1 is 1.38 bits per heavy atom. The van der Waals surface area contributed by atoms with Crippen LogP contribution < -0.4 is 4.74 Å². The van der Waals surface area contributed by atoms with Crippen LogP contribution in [0.1, 0.15) is 37.4 Å². The van der Waals surface area contributed by atoms with E-state index in [1.165, 1.54) is 20.1 Å². The van der Waals surface area contributed by atoms with E-state index < -0.39 is 41.8 Å². The molecule has 132 valence electrons. The molecule has 4 nitrogen and oxygen atoms in total. The highest BCUT2D eigenvalue weighted by Crippen LogP contribution is 2.54. The topological polar surface area (TPSA) is 55.1 Å². The summed E-state index contributed by atoms with van der Waals surface area (Å²) in [5.41, 5.74) is -2.96. The number of nitrogens with zero attached hydrogens (tertiary/aromatic N) is 2. The van der Waals surface area contributed by atoms with E-state index in [-0.39, 0.29) is 11.4 Å². The van der Waals surface area contributed by atoms with Crippen molar-refractivity contribution in [3.63, 3.8) is 0 Å². The van der Waals surface area contributed by atoms with Crippen LogP contribution in [0.25, 0.3) is 0 Å². The summed E-state index contributed by atoms with van der Waals surface area (Å²) in [6.45, 7) is 2.17. The number of aromatic nitrogens is 1. The SMILES string of the molecule is COc1nc(C(F)F)ccc1C1C(C)C(C)(C(F)(F)F)O[C@H]1C#N. The van der Waals surface area contributed by atoms with Gasteiger partial charge in [-0.1, -0.05) is 13.0 Å². The first-order valence-corrected chi connectivity index (χ1v) is 7.04. The number of halogens is 5. The van der Waals surface area contributed by atoms with Crippen molar-refractivity contribution in [3.05, 3.63) is 23.4 Å². The molecule has 1 aromatic rings. The number of alkyl halides is 5. The van der Waals surface area contributed by atoms with Crippen molar-refractivity contribution in [2.24, 2.45) is 5.92 Å². The number of hydrogen-bond donors (Lipinski definition) is 0. The van der Waals surface area contributed by atoms with Gasteiger partial charge in [0.2, 0.25) is 5.88 Å². The fourth-order valence-electron chi connectivity index (χ4n) is 2.92. The van der Waals surface area contributed by atoms with Crippen LogP contribution in [0, 0.1) is 17.2 Å². The van der Waals surface area contributed by atoms with E-state index in [9.17, 15) is 27.2 Å². The molecule has 1 fully saturated rings. The lowest BCUT2D eigenvalue weighted by molar-refractivity contribution is -0.270. The normalized spacial score (nSPS) is 30.4. The van der Waals surface area contributed by atoms with Crippen LogP contribution in [0.15, 0.2) is 12.1 Å². The number of methoxy groups -OCH3 is 1. The Hall–Kier alpha value is -1.95. The fourth-order valence-corrected chi connectivity index (χ4v) is 2.92. The average molecular weight is 350 g/mol. The number of nitriles is 1. The average Bonchev–Trinajstić information content (AvgIpc) is 2.78. The van der Waals surface area contributed by atoms with Crippen molar-refractivity contribution in [1.29, 1.82) is 5.26 Å². The molecule has 1 saturated heterocycles. The summed E-state index contributed by atoms with van der Waals surface area (Å²) in [4.78, 5) is 3.63. The first kappa shape index (κ1) is 18.4. The Labute approximate surface area is 135 Å². The Morgan fingerprint density at radius 3 is 2.46 bits per heavy atom. The van der Waals surface area contributed by atoms with Crippen LogP contribution in [0.2, 0.25) is 0 Å². The summed E-state index contributed by atoms with van der Waals surface area (Å²) in [6.07, 6.45) is -8.95. The second-order valence-electron chi connectivity index (χ2n) is 5.72. The molecule has 0 amide bonds. The third-order valence-electron chi connectivity index (χ3n) is 4.48. The molecule has 0 aromatic carbocycles. The standard InChI is InChI=1S/C15H15F5N2O2/c1-7-11(10(6-21)24-14(7,2)15(18,19)20)8-4-5-9(12(16)17)22-13(8)23-3/h4-5,7,10-12H,1-3H3/t7?,10-,11?,14?/m0/s1. The summed E-state index contributed by atoms with van der Waals surface area (Å²) in [5.74, 6) is -2.40. The van der Waals surface area contributed by atoms with Gasteiger partial charge in [0.05, 0.1) is 13.2 Å². The van der Waals surface area contributed by atoms with E-state index >= 15 is 0 Å². The second-order valence-corrected chi connectivity index (χ2v) is 5.72. The zero-order valence-corrected chi connectivity index (χ0v) is 13.1. The van der Waals surface area contributed by atoms with E-state index in [4.69, 9.17) is 9.47 Å². The maximum Gasteiger partial charge on any atom is 0.417 e. The van der Waals surface area contributed by atoms with Crippen LogP contribution in [0.4, 0.5) is 22.0 Å². The zero-order valence-electron chi connectivity index (χ0n) is 13.1. The molecule has 0 radical (unpaired) electrons. The monoisotopic (exact) mass is 350 g/mol. The molecule has 24 heavy (non-hydrogen) atoms. The predicted octanol–water partition coefficient (Wildman–Crippen LogP) is 3.99. The predicted molar refractivity (Wildman–Crippen MR) is 72.6 cm³/mol. The Balaban J connectivity index is 2.53. The lowest BCUT2D eigenvalue weighted by atomic mass is 9.78. The molecular formula is C15H15F5N2O2. The quantitative estimate of drug-likeness (QED) is 0.774. The van der Waals surface area contributed by atoms with Crippen molar-refractivity contribution in [2.75, 3.05) is 7.11 Å². The van der Waals surface area contributed by atoms with Gasteiger partial charge in [-0.05, 0) is 13.0 Å². The Kier molecular flexibility index (Phi) is 4.72. The molecule has 1 aliphatic heterocycles. The van der Waals surface area contributed by atoms with Crippen molar-refractivity contribution in [1.82, 2.24) is 4.98 Å². The van der Waals surface area contributed by atoms with Crippen LogP contribution in [0.3, 0.4) is 0 Å². The molecule has 0 saturated carbocycles. The molecule has 3 unspecified atom stereocenters. The van der Waals surface area contributed by atoms with Crippen molar-refractivity contribution >= 4 is 0 Å². The molecule has 4 atom stereocenters. The van der Waals surface area contributed by atoms with Gasteiger partial charge in [0.25, 0.3) is 6.43 Å². The van der Waals surface area contributed by atoms with Gasteiger partial charge >= 0.3 is 6.18 Å². The fraction of sp³-hybridized carbons (Fsp3) is 0.600. The van der Waals surface area contributed by atoms with Crippen LogP contribution in [0.5, 0.6) is 5.88 Å². The summed E-state index contributed by atoms with van der Waals surface area (Å²) < 4.78 is 75.5. The molecular weight excluding hydrogens is 335 g/mol. The van der Waals surface area contributed by atoms with E-state index in [0.29, 0.717) is 0 Å². The van der Waals surface area contributed by atoms with Crippen molar-refractivity contribution in [2.45, 2.75) is 44.1 Å². The summed E-state index contributed by atoms with van der Waals surface area (Å²) >= 11 is 0. The van der Waals surface area contributed by atoms with Crippen molar-refractivity contribution in [3.8, 4) is 11.9 Å². The number of ether oxygens (including phenoxy) is 2. The zero-order chi connectivity index (χ0) is 18.3. The van der Waals surface area contributed by atoms with Gasteiger partial charge in [0.15, 0.2) is 11.7 Å². The lowest BCUT2D eigenvalue weighted by Crippen LogP contribution is -2.46. The van der Waals surface area contributed by atoms with Crippen LogP contribution >= 0.6 is 0 Å². The van der Waals surface area contributed by atoms with E-state index in [0.717, 1.165) is 13.0 Å². The summed E-state index contributed by atoms with van der Waals surface area (Å²) in [5, 5.41) is 9.20. The van der Waals surface area contributed by atoms with E-state index in [2.05, 4.69) is 4.98 Å². The second kappa shape index (κ2) is 6.16. The largest absolute Gasteiger partial charge is 0.481 e. The lowest BCUT2D eigenvalue weighted by Gasteiger charge is -2.31. The molecule has 2 heterocycles. The molecule has 1 aliphatic rings. The highest BCUT2D eigenvalue weighted by molar-refractivity contribution is 5.37. The van der Waals surface area contributed by atoms with Crippen LogP contribution in [-0.4, -0.2) is 30.0 Å². The minimum absolute atomic E-state index is 0.133. The van der Waals surface area contributed by atoms with Gasteiger partial charge in [0, 0.05) is 17.4 Å². The number of hydrogen-bond acceptors (Lipinski definition) is 4. The minimum Gasteiger partial charge on any atom is -0.481 e. The van der Waals surface area contributed by atoms with Gasteiger partial charge in [-0.15, -0.1) is 0 Å². The molecule has 0 bridgehead atoms. The summed E-state index contributed by atoms with van der Waals surface area (Å²) in [6, 6.07) is 3.92. The van der Waals surface area contributed by atoms with Crippen molar-refractivity contribution < 1.29 is 31.4 Å². The molecule has 0 aliphatic carbocycles. The maximum atomic E-state index is 13.4. The molecule has 9 heteroatoms. The third kappa shape index (κ3) is 2.79. The number of pyridine rings is 1. The molecule has 0 N–H and O–H groups in total. The van der Waals surface area contributed by atoms with Crippen LogP contribution in [-0.2, 0) is 4.74 Å². The van der Waals surface area contributed by atoms with Gasteiger partial charge in [0.1, 0.15) is 5.69 Å². The van der Waals surface area contributed by atoms with E-state index in [1.807, 2.05) is 0 Å². The third-order valence-corrected chi connectivity index (χ3v) is 4.48. The van der Waals surface area contributed by atoms with Gasteiger partial charge < -0.3 is 9.47 Å². The first-order chi connectivity index (χ1) is 11.1. The Morgan fingerprint density at radius 2 is 2.00 bits per heavy atom. The van der Waals surface area contributed by atoms with Gasteiger partial charge in [-0.2, -0.15) is 18.4 Å². The first-order valence-electron chi connectivity index (χ1n) is 7.04. The smallest absolute Gasteiger partial charge is 0.417 e. The van der Waals surface area contributed by atoms with Gasteiger partial charge in [-0.25, -0.2) is 13.8 Å². The molecule has 2 rings (SSSR count). The Bertz CT molecular complexity index is 658. The van der Waals surface area contributed by atoms with E-state index in [1.54, 1.807) is 6.07 Å². The van der Waals surface area contributed by atoms with Gasteiger partial charge in [-0.3, -0.25) is 0 Å². The highest BCUT2D eigenvalue weighted by atomic mass is 19.4. The number of rotatable bonds is 3. The highest BCUT2D eigenvalue weighted by Gasteiger charge is 2.64. The maximum absolute atomic E-state index is 13.4. The minimum atomic E-state index is -4.69. The molecule has 1 aromatic heterocycles. The molecule has 0 spiro atoms. The summed E-state index contributed by atoms with van der Waals surface area (Å²) in [7, 11) is 1.17.